The van der Waals surface area contributed by atoms with Gasteiger partial charge in [-0.05, 0) is 109 Å². The molecule has 6 aromatic carbocycles. The van der Waals surface area contributed by atoms with E-state index >= 15 is 0 Å². The molecule has 0 fully saturated rings. The third-order valence-corrected chi connectivity index (χ3v) is 9.65. The van der Waals surface area contributed by atoms with Crippen LogP contribution in [0.15, 0.2) is 137 Å². The van der Waals surface area contributed by atoms with Crippen molar-refractivity contribution in [2.45, 2.75) is 38.9 Å². The predicted molar refractivity (Wildman–Crippen MR) is 202 cm³/mol. The fourth-order valence-electron chi connectivity index (χ4n) is 7.23. The Bertz CT molecular complexity index is 2470. The second kappa shape index (κ2) is 10.9. The summed E-state index contributed by atoms with van der Waals surface area (Å²) in [4.78, 5) is 9.29. The fourth-order valence-corrected chi connectivity index (χ4v) is 7.23. The highest BCUT2D eigenvalue weighted by atomic mass is 16.5. The summed E-state index contributed by atoms with van der Waals surface area (Å²) in [5.41, 5.74) is 9.64. The molecule has 5 heteroatoms. The van der Waals surface area contributed by atoms with Crippen molar-refractivity contribution >= 4 is 44.4 Å². The molecule has 0 spiro atoms. The standard InChI is InChI=1S/C44H37N3O2/c1-43(2)26-45-41(48-43)30-18-14-28(15-19-30)32-22-23-36-38(24-32)47(33-10-6-5-7-11-33)39-25-37(34-12-8-9-13-35(34)40(36)39)29-16-20-31(21-17-29)42-46-27-44(3,4)49-42/h5-25H,26-27H2,1-4H3. The maximum absolute atomic E-state index is 6.12. The molecule has 0 saturated carbocycles. The van der Waals surface area contributed by atoms with Crippen LogP contribution in [0.1, 0.15) is 38.8 Å². The molecule has 2 aliphatic rings. The van der Waals surface area contributed by atoms with E-state index in [1.165, 1.54) is 38.1 Å². The van der Waals surface area contributed by atoms with Crippen LogP contribution in [-0.2, 0) is 9.47 Å². The number of para-hydroxylation sites is 1. The Balaban J connectivity index is 1.21. The van der Waals surface area contributed by atoms with Gasteiger partial charge < -0.3 is 14.0 Å². The Labute approximate surface area is 286 Å². The lowest BCUT2D eigenvalue weighted by atomic mass is 9.94. The monoisotopic (exact) mass is 639 g/mol. The van der Waals surface area contributed by atoms with E-state index in [9.17, 15) is 0 Å². The van der Waals surface area contributed by atoms with Gasteiger partial charge in [-0.25, -0.2) is 9.98 Å². The molecule has 0 radical (unpaired) electrons. The Morgan fingerprint density at radius 3 is 1.61 bits per heavy atom. The highest BCUT2D eigenvalue weighted by Crippen LogP contribution is 2.42. The summed E-state index contributed by atoms with van der Waals surface area (Å²) in [6.45, 7) is 9.65. The van der Waals surface area contributed by atoms with Gasteiger partial charge >= 0.3 is 0 Å². The number of benzene rings is 6. The van der Waals surface area contributed by atoms with Crippen LogP contribution in [-0.4, -0.2) is 40.7 Å². The van der Waals surface area contributed by atoms with E-state index in [0.717, 1.165) is 45.3 Å². The van der Waals surface area contributed by atoms with Gasteiger partial charge in [0.2, 0.25) is 11.8 Å². The van der Waals surface area contributed by atoms with Gasteiger partial charge in [0, 0.05) is 27.6 Å². The molecule has 9 rings (SSSR count). The normalized spacial score (nSPS) is 16.5. The van der Waals surface area contributed by atoms with Gasteiger partial charge in [0.15, 0.2) is 0 Å². The Morgan fingerprint density at radius 2 is 1.02 bits per heavy atom. The third-order valence-electron chi connectivity index (χ3n) is 9.65. The zero-order valence-corrected chi connectivity index (χ0v) is 28.2. The Kier molecular flexibility index (Phi) is 6.57. The summed E-state index contributed by atoms with van der Waals surface area (Å²) >= 11 is 0. The summed E-state index contributed by atoms with van der Waals surface area (Å²) in [6.07, 6.45) is 0. The number of nitrogens with zero attached hydrogens (tertiary/aromatic N) is 3. The lowest BCUT2D eigenvalue weighted by molar-refractivity contribution is 0.131. The van der Waals surface area contributed by atoms with Gasteiger partial charge in [-0.1, -0.05) is 78.9 Å². The quantitative estimate of drug-likeness (QED) is 0.188. The maximum atomic E-state index is 6.12. The van der Waals surface area contributed by atoms with Crippen LogP contribution < -0.4 is 0 Å². The van der Waals surface area contributed by atoms with Crippen molar-refractivity contribution in [2.24, 2.45) is 9.98 Å². The highest BCUT2D eigenvalue weighted by Gasteiger charge is 2.29. The van der Waals surface area contributed by atoms with Crippen LogP contribution in [0.25, 0.3) is 60.5 Å². The summed E-state index contributed by atoms with van der Waals surface area (Å²) in [6, 6.07) is 45.9. The van der Waals surface area contributed by atoms with Crippen molar-refractivity contribution in [3.8, 4) is 27.9 Å². The van der Waals surface area contributed by atoms with E-state index in [1.54, 1.807) is 0 Å². The molecule has 240 valence electrons. The number of hydrogen-bond donors (Lipinski definition) is 0. The van der Waals surface area contributed by atoms with Crippen molar-refractivity contribution in [3.63, 3.8) is 0 Å². The first-order valence-electron chi connectivity index (χ1n) is 17.0. The first-order valence-corrected chi connectivity index (χ1v) is 17.0. The molecule has 2 aliphatic heterocycles. The average molecular weight is 640 g/mol. The zero-order valence-electron chi connectivity index (χ0n) is 28.2. The van der Waals surface area contributed by atoms with Crippen molar-refractivity contribution in [1.29, 1.82) is 0 Å². The van der Waals surface area contributed by atoms with Crippen LogP contribution in [0, 0.1) is 0 Å². The lowest BCUT2D eigenvalue weighted by Crippen LogP contribution is -2.24. The topological polar surface area (TPSA) is 48.1 Å². The van der Waals surface area contributed by atoms with Crippen LogP contribution in [0.3, 0.4) is 0 Å². The molecule has 0 aliphatic carbocycles. The maximum Gasteiger partial charge on any atom is 0.216 e. The first-order chi connectivity index (χ1) is 23.7. The van der Waals surface area contributed by atoms with Crippen molar-refractivity contribution < 1.29 is 9.47 Å². The number of rotatable bonds is 5. The lowest BCUT2D eigenvalue weighted by Gasteiger charge is -2.17. The van der Waals surface area contributed by atoms with E-state index in [0.29, 0.717) is 13.1 Å². The molecule has 3 heterocycles. The number of hydrogen-bond acceptors (Lipinski definition) is 4. The van der Waals surface area contributed by atoms with Crippen LogP contribution in [0.4, 0.5) is 0 Å². The predicted octanol–water partition coefficient (Wildman–Crippen LogP) is 10.4. The third kappa shape index (κ3) is 5.08. The van der Waals surface area contributed by atoms with Gasteiger partial charge in [0.1, 0.15) is 11.2 Å². The van der Waals surface area contributed by atoms with Gasteiger partial charge in [-0.2, -0.15) is 0 Å². The molecule has 0 atom stereocenters. The molecule has 0 bridgehead atoms. The molecule has 0 unspecified atom stereocenters. The average Bonchev–Trinajstić information content (AvgIpc) is 3.79. The van der Waals surface area contributed by atoms with Crippen LogP contribution in [0.5, 0.6) is 0 Å². The zero-order chi connectivity index (χ0) is 33.3. The minimum absolute atomic E-state index is 0.255. The van der Waals surface area contributed by atoms with E-state index in [4.69, 9.17) is 9.47 Å². The van der Waals surface area contributed by atoms with Crippen molar-refractivity contribution in [3.05, 3.63) is 139 Å². The first kappa shape index (κ1) is 29.5. The molecule has 1 aromatic heterocycles. The van der Waals surface area contributed by atoms with E-state index in [1.807, 2.05) is 0 Å². The summed E-state index contributed by atoms with van der Waals surface area (Å²) < 4.78 is 14.6. The number of aliphatic imine (C=N–C) groups is 2. The smallest absolute Gasteiger partial charge is 0.216 e. The Hall–Kier alpha value is -5.68. The van der Waals surface area contributed by atoms with E-state index in [-0.39, 0.29) is 11.2 Å². The molecule has 0 saturated heterocycles. The molecule has 7 aromatic rings. The molecular weight excluding hydrogens is 603 g/mol. The number of ether oxygens (including phenoxy) is 2. The fraction of sp³-hybridized carbons (Fsp3) is 0.182. The summed E-state index contributed by atoms with van der Waals surface area (Å²) in [7, 11) is 0. The largest absolute Gasteiger partial charge is 0.469 e. The second-order valence-electron chi connectivity index (χ2n) is 14.4. The molecule has 49 heavy (non-hydrogen) atoms. The SMILES string of the molecule is CC1(C)CN=C(c2ccc(-c3ccc4c5c6ccccc6c(-c6ccc(C7=NCC(C)(C)O7)cc6)cc5n(-c5ccccc5)c4c3)cc2)O1. The van der Waals surface area contributed by atoms with Gasteiger partial charge in [-0.15, -0.1) is 0 Å². The van der Waals surface area contributed by atoms with E-state index < -0.39 is 0 Å². The Morgan fingerprint density at radius 1 is 0.490 bits per heavy atom. The molecule has 5 nitrogen and oxygen atoms in total. The highest BCUT2D eigenvalue weighted by molar-refractivity contribution is 6.24. The van der Waals surface area contributed by atoms with E-state index in [2.05, 4.69) is 170 Å². The summed E-state index contributed by atoms with van der Waals surface area (Å²) in [5.74, 6) is 1.44. The molecule has 0 amide bonds. The minimum Gasteiger partial charge on any atom is -0.469 e. The second-order valence-corrected chi connectivity index (χ2v) is 14.4. The van der Waals surface area contributed by atoms with Gasteiger partial charge in [0.05, 0.1) is 24.1 Å². The van der Waals surface area contributed by atoms with Crippen LogP contribution >= 0.6 is 0 Å². The molecule has 0 N–H and O–H groups in total. The van der Waals surface area contributed by atoms with Gasteiger partial charge in [-0.3, -0.25) is 0 Å². The number of aromatic nitrogens is 1. The minimum atomic E-state index is -0.263. The summed E-state index contributed by atoms with van der Waals surface area (Å²) in [5, 5.41) is 4.95. The van der Waals surface area contributed by atoms with Crippen molar-refractivity contribution in [2.75, 3.05) is 13.1 Å². The van der Waals surface area contributed by atoms with Crippen LogP contribution in [0.2, 0.25) is 0 Å². The van der Waals surface area contributed by atoms with Crippen molar-refractivity contribution in [1.82, 2.24) is 4.57 Å². The number of fused-ring (bicyclic) bond motifs is 5. The van der Waals surface area contributed by atoms with Gasteiger partial charge in [0.25, 0.3) is 0 Å². The molecular formula is C44H37N3O2.